The van der Waals surface area contributed by atoms with Crippen LogP contribution in [-0.2, 0) is 35.5 Å². The highest BCUT2D eigenvalue weighted by Crippen LogP contribution is 2.69. The van der Waals surface area contributed by atoms with Crippen LogP contribution in [0.1, 0.15) is 81.3 Å². The van der Waals surface area contributed by atoms with Gasteiger partial charge < -0.3 is 23.8 Å². The molecule has 2 aromatic rings. The van der Waals surface area contributed by atoms with Crippen LogP contribution in [0.5, 0.6) is 5.75 Å². The number of rotatable bonds is 6. The number of nitrogens with one attached hydrogen (secondary N) is 1. The largest absolute Gasteiger partial charge is 0.490 e. The van der Waals surface area contributed by atoms with E-state index < -0.39 is 63.2 Å². The van der Waals surface area contributed by atoms with Gasteiger partial charge in [-0.2, -0.15) is 8.78 Å². The van der Waals surface area contributed by atoms with Gasteiger partial charge in [-0.1, -0.05) is 36.7 Å². The lowest BCUT2D eigenvalue weighted by atomic mass is 9.64. The average Bonchev–Trinajstić information content (AvgIpc) is 3.22. The number of carbonyl (C=O) groups is 1. The predicted molar refractivity (Wildman–Crippen MR) is 196 cm³/mol. The summed E-state index contributed by atoms with van der Waals surface area (Å²) >= 11 is 6.40. The van der Waals surface area contributed by atoms with Crippen LogP contribution in [0.4, 0.5) is 14.5 Å². The SMILES string of the molecule is CCOP(=O)(OCC)C(F)(F)[C@]1(O)/C=C/C[C@H](C)[C@@H](C)S(=O)(=O)NC(=O)c2ccc3c(c2)N(C[C@@H]2CC[C@H]21)C[C@@]1(CCCc2cc(Cl)ccc21)CO3. The fourth-order valence-corrected chi connectivity index (χ4v) is 11.6. The number of nitrogens with zero attached hydrogens (tertiary/aromatic N) is 1. The Balaban J connectivity index is 1.50. The van der Waals surface area contributed by atoms with Gasteiger partial charge in [0.15, 0.2) is 5.60 Å². The van der Waals surface area contributed by atoms with Crippen molar-refractivity contribution >= 4 is 40.8 Å². The maximum Gasteiger partial charge on any atom is 0.403 e. The van der Waals surface area contributed by atoms with Crippen molar-refractivity contribution < 1.29 is 45.4 Å². The molecule has 1 fully saturated rings. The van der Waals surface area contributed by atoms with Crippen LogP contribution in [0.15, 0.2) is 48.6 Å². The van der Waals surface area contributed by atoms with E-state index in [-0.39, 0.29) is 38.2 Å². The summed E-state index contributed by atoms with van der Waals surface area (Å²) in [6, 6.07) is 10.5. The van der Waals surface area contributed by atoms with Crippen molar-refractivity contribution in [1.82, 2.24) is 4.72 Å². The number of hydrogen-bond donors (Lipinski definition) is 2. The highest BCUT2D eigenvalue weighted by atomic mass is 35.5. The van der Waals surface area contributed by atoms with E-state index in [0.717, 1.165) is 36.5 Å². The van der Waals surface area contributed by atoms with E-state index in [1.54, 1.807) is 19.1 Å². The molecule has 10 nitrogen and oxygen atoms in total. The molecular weight excluding hydrogens is 737 g/mol. The number of alkyl halides is 2. The first-order valence-corrected chi connectivity index (χ1v) is 21.5. The lowest BCUT2D eigenvalue weighted by Crippen LogP contribution is -2.59. The number of fused-ring (bicyclic) bond motifs is 4. The molecule has 1 saturated carbocycles. The van der Waals surface area contributed by atoms with Crippen LogP contribution < -0.4 is 14.4 Å². The van der Waals surface area contributed by atoms with Crippen molar-refractivity contribution in [3.05, 3.63) is 70.3 Å². The minimum atomic E-state index is -5.21. The van der Waals surface area contributed by atoms with Crippen LogP contribution in [0.2, 0.25) is 5.02 Å². The molecule has 0 aromatic heterocycles. The Bertz CT molecular complexity index is 1870. The summed E-state index contributed by atoms with van der Waals surface area (Å²) in [7, 11) is -9.43. The van der Waals surface area contributed by atoms with E-state index in [1.807, 2.05) is 23.1 Å². The van der Waals surface area contributed by atoms with E-state index in [9.17, 15) is 22.9 Å². The minimum Gasteiger partial charge on any atom is -0.490 e. The number of benzene rings is 2. The molecule has 1 amide bonds. The standard InChI is InChI=1S/C37H48ClF2N2O8PS/c1-5-49-51(45,50-6-2)37(39,40)36(44)18-7-9-24(3)25(4)52(46,47)41-34(43)27-12-16-33-32(20-27)42(21-28-11-14-31(28)36)22-35(23-48-33)17-8-10-26-19-29(38)13-15-30(26)35/h7,12-13,15-16,18-20,24-25,28,31,44H,5-6,8-11,14,17,21-23H2,1-4H3,(H,41,43)/b18-7+/t24-,25+,28-,31+,35-,36-/m0/s1. The summed E-state index contributed by atoms with van der Waals surface area (Å²) in [5.41, 5.74) is -5.10. The number of aryl methyl sites for hydroxylation is 1. The number of anilines is 1. The maximum atomic E-state index is 16.9. The summed E-state index contributed by atoms with van der Waals surface area (Å²) in [5.74, 6) is -2.59. The van der Waals surface area contributed by atoms with Crippen molar-refractivity contribution in [3.63, 3.8) is 0 Å². The molecule has 4 aliphatic rings. The molecular formula is C37H48ClF2N2O8PS. The summed E-state index contributed by atoms with van der Waals surface area (Å²) < 4.78 is 93.5. The number of carbonyl (C=O) groups excluding carboxylic acids is 1. The van der Waals surface area contributed by atoms with Gasteiger partial charge in [0, 0.05) is 35.0 Å². The van der Waals surface area contributed by atoms with Gasteiger partial charge in [0.25, 0.3) is 5.91 Å². The molecule has 6 atom stereocenters. The number of ether oxygens (including phenoxy) is 1. The van der Waals surface area contributed by atoms with E-state index in [1.165, 1.54) is 32.9 Å². The van der Waals surface area contributed by atoms with E-state index >= 15 is 8.78 Å². The van der Waals surface area contributed by atoms with Crippen molar-refractivity contribution in [2.75, 3.05) is 37.8 Å². The lowest BCUT2D eigenvalue weighted by molar-refractivity contribution is -0.171. The second-order valence-corrected chi connectivity index (χ2v) is 19.3. The van der Waals surface area contributed by atoms with Gasteiger partial charge in [0.1, 0.15) is 5.75 Å². The van der Waals surface area contributed by atoms with E-state index in [4.69, 9.17) is 25.4 Å². The highest BCUT2D eigenvalue weighted by molar-refractivity contribution is 7.90. The van der Waals surface area contributed by atoms with Gasteiger partial charge in [-0.15, -0.1) is 0 Å². The van der Waals surface area contributed by atoms with Gasteiger partial charge >= 0.3 is 13.3 Å². The smallest absolute Gasteiger partial charge is 0.403 e. The molecule has 6 rings (SSSR count). The molecule has 2 aromatic carbocycles. The topological polar surface area (TPSA) is 131 Å². The van der Waals surface area contributed by atoms with Gasteiger partial charge in [-0.05, 0) is 113 Å². The molecule has 2 aliphatic carbocycles. The summed E-state index contributed by atoms with van der Waals surface area (Å²) in [4.78, 5) is 15.5. The zero-order valence-corrected chi connectivity index (χ0v) is 32.4. The lowest BCUT2D eigenvalue weighted by Gasteiger charge is -2.51. The molecule has 15 heteroatoms. The van der Waals surface area contributed by atoms with Crippen LogP contribution >= 0.6 is 19.2 Å². The summed E-state index contributed by atoms with van der Waals surface area (Å²) in [6.45, 7) is 6.09. The highest BCUT2D eigenvalue weighted by Gasteiger charge is 2.70. The number of halogens is 3. The number of sulfonamides is 1. The zero-order chi connectivity index (χ0) is 37.7. The molecule has 2 heterocycles. The van der Waals surface area contributed by atoms with Crippen molar-refractivity contribution in [2.24, 2.45) is 17.8 Å². The Kier molecular flexibility index (Phi) is 11.0. The molecule has 2 aliphatic heterocycles. The average molecular weight is 785 g/mol. The fourth-order valence-electron chi connectivity index (χ4n) is 8.35. The second-order valence-electron chi connectivity index (χ2n) is 14.7. The molecule has 2 N–H and O–H groups in total. The quantitative estimate of drug-likeness (QED) is 0.226. The van der Waals surface area contributed by atoms with E-state index in [0.29, 0.717) is 36.0 Å². The molecule has 0 unspecified atom stereocenters. The van der Waals surface area contributed by atoms with Crippen LogP contribution in [0.25, 0.3) is 0 Å². The minimum absolute atomic E-state index is 0.0339. The molecule has 0 saturated heterocycles. The molecule has 52 heavy (non-hydrogen) atoms. The van der Waals surface area contributed by atoms with Gasteiger partial charge in [-0.25, -0.2) is 13.1 Å². The summed E-state index contributed by atoms with van der Waals surface area (Å²) in [6.07, 6.45) is 5.39. The number of hydrogen-bond acceptors (Lipinski definition) is 9. The molecule has 2 bridgehead atoms. The Morgan fingerprint density at radius 1 is 1.13 bits per heavy atom. The maximum absolute atomic E-state index is 16.9. The van der Waals surface area contributed by atoms with Crippen molar-refractivity contribution in [3.8, 4) is 5.75 Å². The third-order valence-corrected chi connectivity index (χ3v) is 16.0. The molecule has 0 radical (unpaired) electrons. The zero-order valence-electron chi connectivity index (χ0n) is 29.9. The Hall–Kier alpha value is -2.54. The van der Waals surface area contributed by atoms with Gasteiger partial charge in [-0.3, -0.25) is 9.36 Å². The van der Waals surface area contributed by atoms with Crippen molar-refractivity contribution in [2.45, 2.75) is 88.1 Å². The predicted octanol–water partition coefficient (Wildman–Crippen LogP) is 7.47. The number of aliphatic hydroxyl groups is 1. The number of amides is 1. The Morgan fingerprint density at radius 2 is 1.87 bits per heavy atom. The van der Waals surface area contributed by atoms with Gasteiger partial charge in [0.2, 0.25) is 10.0 Å². The van der Waals surface area contributed by atoms with Gasteiger partial charge in [0.05, 0.1) is 30.8 Å². The van der Waals surface area contributed by atoms with Crippen LogP contribution in [0.3, 0.4) is 0 Å². The van der Waals surface area contributed by atoms with Crippen LogP contribution in [0, 0.1) is 17.8 Å². The first-order valence-electron chi connectivity index (χ1n) is 18.0. The van der Waals surface area contributed by atoms with Crippen molar-refractivity contribution in [1.29, 1.82) is 0 Å². The third kappa shape index (κ3) is 6.83. The third-order valence-electron chi connectivity index (χ3n) is 11.6. The van der Waals surface area contributed by atoms with Crippen LogP contribution in [-0.4, -0.2) is 68.9 Å². The molecule has 1 spiro atoms. The Morgan fingerprint density at radius 3 is 2.54 bits per heavy atom. The fraction of sp³-hybridized carbons (Fsp3) is 0.595. The monoisotopic (exact) mass is 784 g/mol. The first kappa shape index (κ1) is 39.2. The summed E-state index contributed by atoms with van der Waals surface area (Å²) in [5, 5.41) is 11.8. The first-order chi connectivity index (χ1) is 24.5. The Labute approximate surface area is 309 Å². The normalized spacial score (nSPS) is 31.3. The second kappa shape index (κ2) is 14.6. The number of allylic oxidation sites excluding steroid dienone is 1. The van der Waals surface area contributed by atoms with E-state index in [2.05, 4.69) is 4.72 Å². The molecule has 286 valence electrons.